The van der Waals surface area contributed by atoms with Crippen molar-refractivity contribution in [3.05, 3.63) is 35.4 Å². The van der Waals surface area contributed by atoms with Crippen LogP contribution < -0.4 is 5.32 Å². The SMILES string of the molecule is CC(NC(=O)CC(C)(C)CC(=O)O)c1ccc(F)c(F)c1. The van der Waals surface area contributed by atoms with Gasteiger partial charge in [0.15, 0.2) is 11.6 Å². The Morgan fingerprint density at radius 3 is 2.38 bits per heavy atom. The lowest BCUT2D eigenvalue weighted by Gasteiger charge is -2.23. The molecule has 1 amide bonds. The number of amides is 1. The van der Waals surface area contributed by atoms with Crippen LogP contribution in [0.5, 0.6) is 0 Å². The smallest absolute Gasteiger partial charge is 0.303 e. The zero-order valence-corrected chi connectivity index (χ0v) is 12.2. The number of rotatable bonds is 6. The predicted octanol–water partition coefficient (Wildman–Crippen LogP) is 3.03. The summed E-state index contributed by atoms with van der Waals surface area (Å²) in [4.78, 5) is 22.6. The van der Waals surface area contributed by atoms with Gasteiger partial charge in [-0.3, -0.25) is 9.59 Å². The molecule has 0 aliphatic carbocycles. The number of benzene rings is 1. The van der Waals surface area contributed by atoms with Crippen molar-refractivity contribution in [1.29, 1.82) is 0 Å². The van der Waals surface area contributed by atoms with E-state index in [1.807, 2.05) is 0 Å². The van der Waals surface area contributed by atoms with E-state index in [0.29, 0.717) is 5.56 Å². The van der Waals surface area contributed by atoms with Crippen molar-refractivity contribution in [3.63, 3.8) is 0 Å². The van der Waals surface area contributed by atoms with Crippen LogP contribution in [0.4, 0.5) is 8.78 Å². The third-order valence-corrected chi connectivity index (χ3v) is 3.09. The van der Waals surface area contributed by atoms with Crippen LogP contribution in [0, 0.1) is 17.0 Å². The van der Waals surface area contributed by atoms with Gasteiger partial charge in [0.1, 0.15) is 0 Å². The normalized spacial score (nSPS) is 12.8. The highest BCUT2D eigenvalue weighted by Gasteiger charge is 2.26. The third-order valence-electron chi connectivity index (χ3n) is 3.09. The average Bonchev–Trinajstić information content (AvgIpc) is 2.29. The van der Waals surface area contributed by atoms with Gasteiger partial charge in [-0.2, -0.15) is 0 Å². The molecule has 0 radical (unpaired) electrons. The van der Waals surface area contributed by atoms with Crippen molar-refractivity contribution in [2.75, 3.05) is 0 Å². The topological polar surface area (TPSA) is 66.4 Å². The molecule has 4 nitrogen and oxygen atoms in total. The second kappa shape index (κ2) is 6.65. The summed E-state index contributed by atoms with van der Waals surface area (Å²) in [5, 5.41) is 11.4. The van der Waals surface area contributed by atoms with E-state index in [1.54, 1.807) is 20.8 Å². The lowest BCUT2D eigenvalue weighted by molar-refractivity contribution is -0.139. The summed E-state index contributed by atoms with van der Waals surface area (Å²) >= 11 is 0. The van der Waals surface area contributed by atoms with Crippen LogP contribution in [0.3, 0.4) is 0 Å². The zero-order chi connectivity index (χ0) is 16.2. The number of hydrogen-bond acceptors (Lipinski definition) is 2. The van der Waals surface area contributed by atoms with Crippen molar-refractivity contribution in [1.82, 2.24) is 5.32 Å². The number of carbonyl (C=O) groups is 2. The maximum absolute atomic E-state index is 13.1. The first-order chi connectivity index (χ1) is 9.60. The monoisotopic (exact) mass is 299 g/mol. The largest absolute Gasteiger partial charge is 0.481 e. The van der Waals surface area contributed by atoms with Crippen LogP contribution in [-0.2, 0) is 9.59 Å². The summed E-state index contributed by atoms with van der Waals surface area (Å²) in [7, 11) is 0. The van der Waals surface area contributed by atoms with Crippen molar-refractivity contribution in [2.45, 2.75) is 39.7 Å². The fraction of sp³-hybridized carbons (Fsp3) is 0.467. The molecule has 116 valence electrons. The highest BCUT2D eigenvalue weighted by Crippen LogP contribution is 2.25. The lowest BCUT2D eigenvalue weighted by Crippen LogP contribution is -2.32. The van der Waals surface area contributed by atoms with Crippen molar-refractivity contribution < 1.29 is 23.5 Å². The third kappa shape index (κ3) is 5.49. The van der Waals surface area contributed by atoms with E-state index < -0.39 is 29.1 Å². The molecule has 1 aromatic carbocycles. The van der Waals surface area contributed by atoms with E-state index >= 15 is 0 Å². The van der Waals surface area contributed by atoms with Crippen molar-refractivity contribution in [2.24, 2.45) is 5.41 Å². The van der Waals surface area contributed by atoms with Gasteiger partial charge in [0.2, 0.25) is 5.91 Å². The number of carboxylic acids is 1. The first-order valence-electron chi connectivity index (χ1n) is 6.57. The van der Waals surface area contributed by atoms with Gasteiger partial charge in [0.25, 0.3) is 0 Å². The molecule has 1 rings (SSSR count). The molecule has 6 heteroatoms. The molecule has 0 aliphatic heterocycles. The van der Waals surface area contributed by atoms with Crippen LogP contribution in [0.2, 0.25) is 0 Å². The maximum atomic E-state index is 13.1. The molecule has 0 aliphatic rings. The van der Waals surface area contributed by atoms with Crippen LogP contribution in [-0.4, -0.2) is 17.0 Å². The highest BCUT2D eigenvalue weighted by molar-refractivity contribution is 5.78. The Bertz CT molecular complexity index is 544. The van der Waals surface area contributed by atoms with Crippen LogP contribution in [0.15, 0.2) is 18.2 Å². The Morgan fingerprint density at radius 2 is 1.86 bits per heavy atom. The molecule has 21 heavy (non-hydrogen) atoms. The maximum Gasteiger partial charge on any atom is 0.303 e. The second-order valence-corrected chi connectivity index (χ2v) is 5.87. The molecule has 1 atom stereocenters. The van der Waals surface area contributed by atoms with Crippen LogP contribution in [0.25, 0.3) is 0 Å². The minimum absolute atomic E-state index is 0.0350. The van der Waals surface area contributed by atoms with Crippen molar-refractivity contribution >= 4 is 11.9 Å². The summed E-state index contributed by atoms with van der Waals surface area (Å²) in [5.41, 5.74) is -0.234. The Kier molecular flexibility index (Phi) is 5.41. The van der Waals surface area contributed by atoms with E-state index in [-0.39, 0.29) is 18.7 Å². The molecule has 1 unspecified atom stereocenters. The van der Waals surface area contributed by atoms with E-state index in [4.69, 9.17) is 5.11 Å². The molecule has 0 bridgehead atoms. The van der Waals surface area contributed by atoms with E-state index in [0.717, 1.165) is 12.1 Å². The first kappa shape index (κ1) is 17.1. The molecule has 0 fully saturated rings. The molecule has 2 N–H and O–H groups in total. The quantitative estimate of drug-likeness (QED) is 0.848. The minimum atomic E-state index is -0.972. The minimum Gasteiger partial charge on any atom is -0.481 e. The summed E-state index contributed by atoms with van der Waals surface area (Å²) in [5.74, 6) is -3.22. The van der Waals surface area contributed by atoms with E-state index in [1.165, 1.54) is 6.07 Å². The molecule has 0 aromatic heterocycles. The van der Waals surface area contributed by atoms with Gasteiger partial charge >= 0.3 is 5.97 Å². The van der Waals surface area contributed by atoms with Gasteiger partial charge in [-0.15, -0.1) is 0 Å². The molecule has 0 heterocycles. The number of carboxylic acid groups (broad SMARTS) is 1. The summed E-state index contributed by atoms with van der Waals surface area (Å²) in [6.07, 6.45) is -0.0900. The fourth-order valence-corrected chi connectivity index (χ4v) is 2.06. The summed E-state index contributed by atoms with van der Waals surface area (Å²) < 4.78 is 26.0. The zero-order valence-electron chi connectivity index (χ0n) is 12.2. The number of aliphatic carboxylic acids is 1. The van der Waals surface area contributed by atoms with Gasteiger partial charge in [-0.25, -0.2) is 8.78 Å². The van der Waals surface area contributed by atoms with Gasteiger partial charge in [0.05, 0.1) is 12.5 Å². The highest BCUT2D eigenvalue weighted by atomic mass is 19.2. The number of nitrogens with one attached hydrogen (secondary N) is 1. The first-order valence-corrected chi connectivity index (χ1v) is 6.57. The van der Waals surface area contributed by atoms with Gasteiger partial charge in [-0.1, -0.05) is 19.9 Å². The standard InChI is InChI=1S/C15H19F2NO3/c1-9(10-4-5-11(16)12(17)6-10)18-13(19)7-15(2,3)8-14(20)21/h4-6,9H,7-8H2,1-3H3,(H,18,19)(H,20,21). The van der Waals surface area contributed by atoms with Gasteiger partial charge in [0, 0.05) is 6.42 Å². The van der Waals surface area contributed by atoms with Gasteiger partial charge in [-0.05, 0) is 30.0 Å². The number of halogens is 2. The second-order valence-electron chi connectivity index (χ2n) is 5.87. The Morgan fingerprint density at radius 1 is 1.24 bits per heavy atom. The van der Waals surface area contributed by atoms with E-state index in [9.17, 15) is 18.4 Å². The molecule has 0 spiro atoms. The Balaban J connectivity index is 2.65. The molecular weight excluding hydrogens is 280 g/mol. The fourth-order valence-electron chi connectivity index (χ4n) is 2.06. The molecule has 0 saturated carbocycles. The summed E-state index contributed by atoms with van der Waals surface area (Å²) in [6, 6.07) is 2.93. The molecular formula is C15H19F2NO3. The average molecular weight is 299 g/mol. The predicted molar refractivity (Wildman–Crippen MR) is 73.6 cm³/mol. The van der Waals surface area contributed by atoms with Crippen LogP contribution >= 0.6 is 0 Å². The number of carbonyl (C=O) groups excluding carboxylic acids is 1. The van der Waals surface area contributed by atoms with E-state index in [2.05, 4.69) is 5.32 Å². The molecule has 0 saturated heterocycles. The Hall–Kier alpha value is -1.98. The Labute approximate surface area is 122 Å². The lowest BCUT2D eigenvalue weighted by atomic mass is 9.85. The van der Waals surface area contributed by atoms with Gasteiger partial charge < -0.3 is 10.4 Å². The summed E-state index contributed by atoms with van der Waals surface area (Å²) in [6.45, 7) is 5.01. The van der Waals surface area contributed by atoms with Crippen molar-refractivity contribution in [3.8, 4) is 0 Å². The van der Waals surface area contributed by atoms with Crippen LogP contribution in [0.1, 0.15) is 45.2 Å². The molecule has 1 aromatic rings. The number of hydrogen-bond donors (Lipinski definition) is 2.